The molecule has 10 aromatic carbocycles. The molecule has 0 N–H and O–H groups in total. The van der Waals surface area contributed by atoms with Gasteiger partial charge in [-0.25, -0.2) is 0 Å². The summed E-state index contributed by atoms with van der Waals surface area (Å²) in [5.74, 6) is 0. The Morgan fingerprint density at radius 1 is 0.312 bits per heavy atom. The van der Waals surface area contributed by atoms with E-state index in [0.29, 0.717) is 0 Å². The Morgan fingerprint density at radius 2 is 0.844 bits per heavy atom. The third-order valence-corrected chi connectivity index (χ3v) is 13.4. The van der Waals surface area contributed by atoms with Gasteiger partial charge in [0.05, 0.1) is 27.6 Å². The molecule has 4 heteroatoms. The van der Waals surface area contributed by atoms with Crippen LogP contribution >= 0.6 is 0 Å². The lowest BCUT2D eigenvalue weighted by molar-refractivity contribution is 0.669. The summed E-state index contributed by atoms with van der Waals surface area (Å²) in [7, 11) is 0. The average molecular weight is 816 g/mol. The Kier molecular flexibility index (Phi) is 7.36. The van der Waals surface area contributed by atoms with Gasteiger partial charge in [0.25, 0.3) is 0 Å². The van der Waals surface area contributed by atoms with Gasteiger partial charge in [-0.2, -0.15) is 0 Å². The molecule has 0 spiro atoms. The fraction of sp³-hybridized carbons (Fsp3) is 0. The lowest BCUT2D eigenvalue weighted by atomic mass is 10.00. The summed E-state index contributed by atoms with van der Waals surface area (Å²) >= 11 is 0. The number of fused-ring (bicyclic) bond motifs is 12. The van der Waals surface area contributed by atoms with Crippen molar-refractivity contribution in [3.8, 4) is 27.9 Å². The zero-order valence-electron chi connectivity index (χ0n) is 34.6. The average Bonchev–Trinajstić information content (AvgIpc) is 4.10. The Balaban J connectivity index is 0.934. The summed E-state index contributed by atoms with van der Waals surface area (Å²) in [6.45, 7) is 0. The number of rotatable bonds is 6. The molecule has 14 aromatic rings. The number of hydrogen-bond donors (Lipinski definition) is 0. The van der Waals surface area contributed by atoms with E-state index in [1.54, 1.807) is 0 Å². The largest absolute Gasteiger partial charge is 0.456 e. The monoisotopic (exact) mass is 815 g/mol. The second-order valence-corrected chi connectivity index (χ2v) is 16.9. The maximum absolute atomic E-state index is 6.89. The molecule has 0 aliphatic heterocycles. The molecule has 0 fully saturated rings. The van der Waals surface area contributed by atoms with Gasteiger partial charge >= 0.3 is 0 Å². The van der Waals surface area contributed by atoms with Gasteiger partial charge in [0.1, 0.15) is 11.2 Å². The first-order valence-corrected chi connectivity index (χ1v) is 21.9. The van der Waals surface area contributed by atoms with Gasteiger partial charge in [0.15, 0.2) is 0 Å². The quantitative estimate of drug-likeness (QED) is 0.167. The molecule has 0 aliphatic rings. The van der Waals surface area contributed by atoms with Crippen LogP contribution in [0.2, 0.25) is 0 Å². The predicted molar refractivity (Wildman–Crippen MR) is 268 cm³/mol. The van der Waals surface area contributed by atoms with Crippen LogP contribution in [0.1, 0.15) is 0 Å². The number of anilines is 3. The summed E-state index contributed by atoms with van der Waals surface area (Å²) in [4.78, 5) is 2.36. The molecule has 0 unspecified atom stereocenters. The number of hydrogen-bond acceptors (Lipinski definition) is 2. The highest BCUT2D eigenvalue weighted by Crippen LogP contribution is 2.45. The van der Waals surface area contributed by atoms with Crippen LogP contribution in [0.5, 0.6) is 0 Å². The second kappa shape index (κ2) is 13.4. The smallest absolute Gasteiger partial charge is 0.137 e. The van der Waals surface area contributed by atoms with Gasteiger partial charge in [-0.1, -0.05) is 140 Å². The number of para-hydroxylation sites is 5. The fourth-order valence-corrected chi connectivity index (χ4v) is 10.6. The van der Waals surface area contributed by atoms with Gasteiger partial charge in [-0.05, 0) is 95.6 Å². The molecule has 0 amide bonds. The maximum atomic E-state index is 6.89. The van der Waals surface area contributed by atoms with Crippen LogP contribution in [0.15, 0.2) is 229 Å². The van der Waals surface area contributed by atoms with Crippen LogP contribution in [0.25, 0.3) is 110 Å². The van der Waals surface area contributed by atoms with E-state index < -0.39 is 0 Å². The van der Waals surface area contributed by atoms with Gasteiger partial charge in [-0.15, -0.1) is 0 Å². The molecule has 298 valence electrons. The Labute approximate surface area is 368 Å². The van der Waals surface area contributed by atoms with Crippen molar-refractivity contribution in [3.05, 3.63) is 224 Å². The van der Waals surface area contributed by atoms with Crippen molar-refractivity contribution in [3.63, 3.8) is 0 Å². The molecule has 0 aliphatic carbocycles. The van der Waals surface area contributed by atoms with E-state index in [-0.39, 0.29) is 0 Å². The molecule has 4 aromatic heterocycles. The van der Waals surface area contributed by atoms with Crippen LogP contribution < -0.4 is 4.90 Å². The van der Waals surface area contributed by atoms with E-state index in [1.807, 2.05) is 0 Å². The van der Waals surface area contributed by atoms with Crippen molar-refractivity contribution in [2.24, 2.45) is 0 Å². The molecule has 14 rings (SSSR count). The van der Waals surface area contributed by atoms with Crippen molar-refractivity contribution in [2.75, 3.05) is 4.90 Å². The Morgan fingerprint density at radius 3 is 1.64 bits per heavy atom. The molecule has 0 atom stereocenters. The van der Waals surface area contributed by atoms with Gasteiger partial charge in [-0.3, -0.25) is 0 Å². The number of aromatic nitrogens is 2. The van der Waals surface area contributed by atoms with Crippen LogP contribution in [0, 0.1) is 0 Å². The lowest BCUT2D eigenvalue weighted by Crippen LogP contribution is -2.09. The highest BCUT2D eigenvalue weighted by atomic mass is 16.3. The van der Waals surface area contributed by atoms with Crippen molar-refractivity contribution in [1.82, 2.24) is 8.97 Å². The normalized spacial score (nSPS) is 12.1. The number of nitrogens with zero attached hydrogens (tertiary/aromatic N) is 3. The number of furan rings is 1. The first kappa shape index (κ1) is 35.0. The zero-order valence-corrected chi connectivity index (χ0v) is 34.6. The zero-order chi connectivity index (χ0) is 41.9. The maximum Gasteiger partial charge on any atom is 0.137 e. The number of benzene rings is 10. The molecular formula is C60H37N3O. The van der Waals surface area contributed by atoms with Crippen LogP contribution in [-0.4, -0.2) is 8.97 Å². The molecule has 64 heavy (non-hydrogen) atoms. The summed E-state index contributed by atoms with van der Waals surface area (Å²) < 4.78 is 11.7. The summed E-state index contributed by atoms with van der Waals surface area (Å²) in [6.07, 6.45) is 0. The third kappa shape index (κ3) is 5.05. The molecule has 4 nitrogen and oxygen atoms in total. The molecule has 0 bridgehead atoms. The van der Waals surface area contributed by atoms with E-state index in [9.17, 15) is 0 Å². The minimum atomic E-state index is 0.848. The van der Waals surface area contributed by atoms with Gasteiger partial charge < -0.3 is 18.3 Å². The first-order chi connectivity index (χ1) is 31.7. The summed E-state index contributed by atoms with van der Waals surface area (Å²) in [6, 6.07) is 81.2. The Hall–Kier alpha value is -8.60. The second-order valence-electron chi connectivity index (χ2n) is 16.9. The van der Waals surface area contributed by atoms with Crippen LogP contribution in [-0.2, 0) is 0 Å². The van der Waals surface area contributed by atoms with E-state index in [0.717, 1.165) is 50.3 Å². The van der Waals surface area contributed by atoms with Crippen molar-refractivity contribution >= 4 is 98.9 Å². The molecule has 0 saturated heterocycles. The van der Waals surface area contributed by atoms with E-state index in [1.165, 1.54) is 76.6 Å². The fourth-order valence-electron chi connectivity index (χ4n) is 10.6. The highest BCUT2D eigenvalue weighted by Gasteiger charge is 2.22. The van der Waals surface area contributed by atoms with E-state index in [4.69, 9.17) is 4.42 Å². The van der Waals surface area contributed by atoms with Gasteiger partial charge in [0.2, 0.25) is 0 Å². The summed E-state index contributed by atoms with van der Waals surface area (Å²) in [5, 5.41) is 9.72. The topological polar surface area (TPSA) is 25.7 Å². The standard InChI is InChI=1S/C60H37N3O/c1-3-13-38(14-4-1)39-25-28-42(29-26-39)61(43-31-34-56-53(36-43)47-18-8-9-23-54(47)62(56)41-15-5-2-6-16-41)44-30-33-49-48-32-27-40(35-57(48)64-58(49)37-44)45-19-11-21-51-52-22-12-20-50-46-17-7-10-24-55(46)63(59(45)51)60(50)52/h1-37H. The molecule has 0 saturated carbocycles. The van der Waals surface area contributed by atoms with Gasteiger partial charge in [0, 0.05) is 77.5 Å². The van der Waals surface area contributed by atoms with Crippen molar-refractivity contribution in [1.29, 1.82) is 0 Å². The van der Waals surface area contributed by atoms with E-state index in [2.05, 4.69) is 238 Å². The predicted octanol–water partition coefficient (Wildman–Crippen LogP) is 16.6. The van der Waals surface area contributed by atoms with Crippen LogP contribution in [0.4, 0.5) is 17.1 Å². The first-order valence-electron chi connectivity index (χ1n) is 21.9. The third-order valence-electron chi connectivity index (χ3n) is 13.4. The van der Waals surface area contributed by atoms with E-state index >= 15 is 0 Å². The lowest BCUT2D eigenvalue weighted by Gasteiger charge is -2.26. The Bertz CT molecular complexity index is 4120. The van der Waals surface area contributed by atoms with Crippen LogP contribution in [0.3, 0.4) is 0 Å². The minimum Gasteiger partial charge on any atom is -0.456 e. The SMILES string of the molecule is c1ccc(-c2ccc(N(c3ccc4c(c3)oc3cc(-c5cccc6c7cccc8c9ccccc9n(c56)c87)ccc34)c3ccc4c(c3)c3ccccc3n4-c3ccccc3)cc2)cc1. The highest BCUT2D eigenvalue weighted by molar-refractivity contribution is 6.25. The summed E-state index contributed by atoms with van der Waals surface area (Å²) in [5.41, 5.74) is 16.8. The van der Waals surface area contributed by atoms with Crippen molar-refractivity contribution in [2.45, 2.75) is 0 Å². The molecule has 0 radical (unpaired) electrons. The van der Waals surface area contributed by atoms with Crippen molar-refractivity contribution < 1.29 is 4.42 Å². The molecular weight excluding hydrogens is 779 g/mol. The molecule has 4 heterocycles. The minimum absolute atomic E-state index is 0.848.